The summed E-state index contributed by atoms with van der Waals surface area (Å²) in [5, 5.41) is 9.28. The smallest absolute Gasteiger partial charge is 0.308 e. The summed E-state index contributed by atoms with van der Waals surface area (Å²) in [5.74, 6) is 0.0121. The fourth-order valence-corrected chi connectivity index (χ4v) is 3.53. The van der Waals surface area contributed by atoms with Crippen molar-refractivity contribution in [3.8, 4) is 0 Å². The Bertz CT molecular complexity index is 491. The first kappa shape index (κ1) is 12.4. The second-order valence-electron chi connectivity index (χ2n) is 5.50. The highest BCUT2D eigenvalue weighted by Crippen LogP contribution is 2.43. The molecule has 19 heavy (non-hydrogen) atoms. The van der Waals surface area contributed by atoms with Gasteiger partial charge < -0.3 is 10.0 Å². The number of hydrogen-bond acceptors (Lipinski definition) is 4. The highest BCUT2D eigenvalue weighted by molar-refractivity contribution is 5.73. The molecule has 1 N–H and O–H groups in total. The van der Waals surface area contributed by atoms with E-state index in [1.165, 1.54) is 0 Å². The molecular weight excluding hydrogens is 242 g/mol. The van der Waals surface area contributed by atoms with Gasteiger partial charge in [-0.15, -0.1) is 0 Å². The number of hydrogen-bond donors (Lipinski definition) is 1. The summed E-state index contributed by atoms with van der Waals surface area (Å²) >= 11 is 0. The van der Waals surface area contributed by atoms with E-state index in [9.17, 15) is 9.90 Å². The molecule has 0 aromatic carbocycles. The summed E-state index contributed by atoms with van der Waals surface area (Å²) in [6.07, 6.45) is 6.42. The number of aromatic nitrogens is 2. The summed E-state index contributed by atoms with van der Waals surface area (Å²) in [4.78, 5) is 22.1. The zero-order valence-corrected chi connectivity index (χ0v) is 11.1. The van der Waals surface area contributed by atoms with Gasteiger partial charge in [-0.3, -0.25) is 4.79 Å². The summed E-state index contributed by atoms with van der Waals surface area (Å²) in [7, 11) is 0. The van der Waals surface area contributed by atoms with Crippen LogP contribution in [0.1, 0.15) is 38.3 Å². The molecule has 3 atom stereocenters. The molecule has 5 nitrogen and oxygen atoms in total. The highest BCUT2D eigenvalue weighted by Gasteiger charge is 2.49. The average molecular weight is 261 g/mol. The van der Waals surface area contributed by atoms with Crippen LogP contribution in [0.25, 0.3) is 0 Å². The van der Waals surface area contributed by atoms with E-state index in [2.05, 4.69) is 21.8 Å². The fraction of sp³-hybridized carbons (Fsp3) is 0.643. The van der Waals surface area contributed by atoms with Crippen LogP contribution in [0.2, 0.25) is 0 Å². The van der Waals surface area contributed by atoms with Crippen molar-refractivity contribution < 1.29 is 9.90 Å². The number of carboxylic acids is 1. The minimum atomic E-state index is -0.667. The normalized spacial score (nSPS) is 28.9. The lowest BCUT2D eigenvalue weighted by Crippen LogP contribution is -2.33. The topological polar surface area (TPSA) is 66.3 Å². The number of aliphatic carboxylic acids is 1. The number of carboxylic acid groups (broad SMARTS) is 1. The van der Waals surface area contributed by atoms with Crippen molar-refractivity contribution in [2.45, 2.75) is 51.1 Å². The molecule has 2 fully saturated rings. The molecule has 2 aliphatic rings. The molecule has 0 radical (unpaired) electrons. The van der Waals surface area contributed by atoms with Crippen LogP contribution >= 0.6 is 0 Å². The Labute approximate surface area is 112 Å². The van der Waals surface area contributed by atoms with Gasteiger partial charge in [-0.2, -0.15) is 0 Å². The summed E-state index contributed by atoms with van der Waals surface area (Å²) < 4.78 is 0. The van der Waals surface area contributed by atoms with Gasteiger partial charge in [0.15, 0.2) is 0 Å². The van der Waals surface area contributed by atoms with Gasteiger partial charge in [-0.1, -0.05) is 13.3 Å². The molecular formula is C14H19N3O2. The molecule has 1 aromatic rings. The van der Waals surface area contributed by atoms with Crippen molar-refractivity contribution in [1.82, 2.24) is 9.97 Å². The van der Waals surface area contributed by atoms with Crippen molar-refractivity contribution in [2.24, 2.45) is 5.92 Å². The Morgan fingerprint density at radius 3 is 3.00 bits per heavy atom. The standard InChI is InChI=1S/C14H19N3O2/c1-2-3-9-6-13(16-8-15-9)17-10-4-5-12(17)11(7-10)14(18)19/h6,8,10-12H,2-5,7H2,1H3,(H,18,19). The van der Waals surface area contributed by atoms with E-state index in [-0.39, 0.29) is 12.0 Å². The first-order valence-electron chi connectivity index (χ1n) is 7.02. The monoisotopic (exact) mass is 261 g/mol. The van der Waals surface area contributed by atoms with Crippen LogP contribution in [0.4, 0.5) is 5.82 Å². The molecule has 1 aromatic heterocycles. The molecule has 5 heteroatoms. The number of anilines is 1. The molecule has 0 amide bonds. The Hall–Kier alpha value is -1.65. The number of aryl methyl sites for hydroxylation is 1. The Morgan fingerprint density at radius 1 is 1.47 bits per heavy atom. The van der Waals surface area contributed by atoms with Crippen molar-refractivity contribution in [3.63, 3.8) is 0 Å². The molecule has 3 rings (SSSR count). The highest BCUT2D eigenvalue weighted by atomic mass is 16.4. The van der Waals surface area contributed by atoms with Gasteiger partial charge in [0.05, 0.1) is 5.92 Å². The van der Waals surface area contributed by atoms with Gasteiger partial charge in [0.2, 0.25) is 0 Å². The van der Waals surface area contributed by atoms with Crippen LogP contribution < -0.4 is 4.90 Å². The van der Waals surface area contributed by atoms with Crippen LogP contribution in [0.5, 0.6) is 0 Å². The van der Waals surface area contributed by atoms with Crippen LogP contribution in [0.3, 0.4) is 0 Å². The molecule has 0 spiro atoms. The van der Waals surface area contributed by atoms with Crippen LogP contribution in [-0.2, 0) is 11.2 Å². The predicted octanol–water partition coefficient (Wildman–Crippen LogP) is 1.87. The third-order valence-corrected chi connectivity index (χ3v) is 4.33. The number of nitrogens with zero attached hydrogens (tertiary/aromatic N) is 3. The van der Waals surface area contributed by atoms with E-state index in [0.717, 1.165) is 43.6 Å². The van der Waals surface area contributed by atoms with Crippen molar-refractivity contribution in [1.29, 1.82) is 0 Å². The second kappa shape index (κ2) is 4.79. The third-order valence-electron chi connectivity index (χ3n) is 4.33. The third kappa shape index (κ3) is 2.07. The first-order chi connectivity index (χ1) is 9.20. The van der Waals surface area contributed by atoms with E-state index in [0.29, 0.717) is 6.04 Å². The van der Waals surface area contributed by atoms with Crippen molar-refractivity contribution in [3.05, 3.63) is 18.1 Å². The van der Waals surface area contributed by atoms with Gasteiger partial charge in [-0.25, -0.2) is 9.97 Å². The van der Waals surface area contributed by atoms with Gasteiger partial charge in [0.1, 0.15) is 12.1 Å². The minimum Gasteiger partial charge on any atom is -0.481 e. The lowest BCUT2D eigenvalue weighted by atomic mass is 9.89. The number of carbonyl (C=O) groups is 1. The summed E-state index contributed by atoms with van der Waals surface area (Å²) in [6, 6.07) is 2.49. The van der Waals surface area contributed by atoms with Gasteiger partial charge in [0, 0.05) is 23.8 Å². The number of rotatable bonds is 4. The van der Waals surface area contributed by atoms with E-state index in [1.54, 1.807) is 6.33 Å². The molecule has 2 aliphatic heterocycles. The first-order valence-corrected chi connectivity index (χ1v) is 7.02. The van der Waals surface area contributed by atoms with E-state index in [1.807, 2.05) is 6.07 Å². The maximum Gasteiger partial charge on any atom is 0.308 e. The van der Waals surface area contributed by atoms with Gasteiger partial charge in [-0.05, 0) is 25.7 Å². The van der Waals surface area contributed by atoms with Crippen LogP contribution in [-0.4, -0.2) is 33.1 Å². The fourth-order valence-electron chi connectivity index (χ4n) is 3.53. The van der Waals surface area contributed by atoms with Crippen LogP contribution in [0, 0.1) is 5.92 Å². The van der Waals surface area contributed by atoms with Gasteiger partial charge in [0.25, 0.3) is 0 Å². The molecule has 102 valence electrons. The zero-order chi connectivity index (χ0) is 13.4. The maximum atomic E-state index is 11.3. The molecule has 3 unspecified atom stereocenters. The average Bonchev–Trinajstić information content (AvgIpc) is 2.97. The number of fused-ring (bicyclic) bond motifs is 2. The Kier molecular flexibility index (Phi) is 3.12. The molecule has 3 heterocycles. The molecule has 2 saturated heterocycles. The van der Waals surface area contributed by atoms with E-state index in [4.69, 9.17) is 0 Å². The predicted molar refractivity (Wildman–Crippen MR) is 71.1 cm³/mol. The lowest BCUT2D eigenvalue weighted by molar-refractivity contribution is -0.142. The Morgan fingerprint density at radius 2 is 2.32 bits per heavy atom. The minimum absolute atomic E-state index is 0.117. The summed E-state index contributed by atoms with van der Waals surface area (Å²) in [5.41, 5.74) is 1.05. The van der Waals surface area contributed by atoms with Crippen molar-refractivity contribution in [2.75, 3.05) is 4.90 Å². The van der Waals surface area contributed by atoms with E-state index >= 15 is 0 Å². The van der Waals surface area contributed by atoms with Crippen LogP contribution in [0.15, 0.2) is 12.4 Å². The zero-order valence-electron chi connectivity index (χ0n) is 11.1. The quantitative estimate of drug-likeness (QED) is 0.896. The summed E-state index contributed by atoms with van der Waals surface area (Å²) in [6.45, 7) is 2.13. The van der Waals surface area contributed by atoms with Gasteiger partial charge >= 0.3 is 5.97 Å². The largest absolute Gasteiger partial charge is 0.481 e. The molecule has 0 saturated carbocycles. The second-order valence-corrected chi connectivity index (χ2v) is 5.50. The Balaban J connectivity index is 1.87. The lowest BCUT2D eigenvalue weighted by Gasteiger charge is -2.24. The molecule has 2 bridgehead atoms. The van der Waals surface area contributed by atoms with E-state index < -0.39 is 5.97 Å². The SMILES string of the molecule is CCCc1cc(N2C3CCC2C(C(=O)O)C3)ncn1. The van der Waals surface area contributed by atoms with Crippen molar-refractivity contribution >= 4 is 11.8 Å². The molecule has 0 aliphatic carbocycles. The maximum absolute atomic E-state index is 11.3.